The summed E-state index contributed by atoms with van der Waals surface area (Å²) in [7, 11) is 0. The maximum Gasteiger partial charge on any atom is 0.252 e. The molecule has 0 saturated carbocycles. The molecule has 2 aromatic rings. The molecule has 0 fully saturated rings. The van der Waals surface area contributed by atoms with Gasteiger partial charge in [-0.3, -0.25) is 0 Å². The third-order valence-corrected chi connectivity index (χ3v) is 1.84. The topological polar surface area (TPSA) is 99.6 Å². The summed E-state index contributed by atoms with van der Waals surface area (Å²) in [6.07, 6.45) is 0. The smallest absolute Gasteiger partial charge is 0.252 e. The lowest BCUT2D eigenvalue weighted by Crippen LogP contribution is -1.83. The van der Waals surface area contributed by atoms with Gasteiger partial charge in [0.05, 0.1) is 0 Å². The summed E-state index contributed by atoms with van der Waals surface area (Å²) in [6, 6.07) is 4.15. The van der Waals surface area contributed by atoms with Crippen molar-refractivity contribution in [1.82, 2.24) is 10.1 Å². The van der Waals surface area contributed by atoms with E-state index in [1.165, 1.54) is 18.2 Å². The van der Waals surface area contributed by atoms with Crippen molar-refractivity contribution in [2.75, 3.05) is 0 Å². The summed E-state index contributed by atoms with van der Waals surface area (Å²) in [5.41, 5.74) is 0.494. The highest BCUT2D eigenvalue weighted by atomic mass is 16.5. The Balaban J connectivity index is 2.40. The van der Waals surface area contributed by atoms with Crippen LogP contribution in [0, 0.1) is 0 Å². The average molecular weight is 208 g/mol. The van der Waals surface area contributed by atoms with E-state index in [1.807, 2.05) is 0 Å². The van der Waals surface area contributed by atoms with E-state index in [-0.39, 0.29) is 29.8 Å². The summed E-state index contributed by atoms with van der Waals surface area (Å²) in [4.78, 5) is 3.85. The number of hydrogen-bond acceptors (Lipinski definition) is 6. The van der Waals surface area contributed by atoms with E-state index < -0.39 is 0 Å². The molecule has 2 rings (SSSR count). The third kappa shape index (κ3) is 1.75. The second-order valence-corrected chi connectivity index (χ2v) is 2.87. The van der Waals surface area contributed by atoms with Crippen molar-refractivity contribution in [3.8, 4) is 22.9 Å². The highest BCUT2D eigenvalue weighted by Crippen LogP contribution is 2.28. The molecule has 0 saturated heterocycles. The molecule has 0 aliphatic rings. The van der Waals surface area contributed by atoms with Crippen molar-refractivity contribution in [1.29, 1.82) is 0 Å². The molecule has 15 heavy (non-hydrogen) atoms. The van der Waals surface area contributed by atoms with Gasteiger partial charge in [-0.25, -0.2) is 0 Å². The molecule has 1 aromatic heterocycles. The Morgan fingerprint density at radius 3 is 2.60 bits per heavy atom. The molecular formula is C9H8N2O4. The lowest BCUT2D eigenvalue weighted by atomic mass is 10.2. The first-order chi connectivity index (χ1) is 7.20. The van der Waals surface area contributed by atoms with Gasteiger partial charge >= 0.3 is 0 Å². The fourth-order valence-electron chi connectivity index (χ4n) is 1.10. The summed E-state index contributed by atoms with van der Waals surface area (Å²) in [5.74, 6) is -0.139. The Morgan fingerprint density at radius 2 is 2.00 bits per heavy atom. The molecule has 0 unspecified atom stereocenters. The van der Waals surface area contributed by atoms with Crippen molar-refractivity contribution >= 4 is 0 Å². The Morgan fingerprint density at radius 1 is 1.20 bits per heavy atom. The number of phenols is 2. The van der Waals surface area contributed by atoms with Crippen molar-refractivity contribution in [2.24, 2.45) is 0 Å². The van der Waals surface area contributed by atoms with Crippen LogP contribution in [0.5, 0.6) is 11.5 Å². The maximum atomic E-state index is 9.24. The average Bonchev–Trinajstić information content (AvgIpc) is 2.70. The molecule has 0 bridgehead atoms. The normalized spacial score (nSPS) is 10.5. The van der Waals surface area contributed by atoms with Gasteiger partial charge in [-0.05, 0) is 18.2 Å². The number of aromatic nitrogens is 2. The number of aromatic hydroxyl groups is 2. The predicted octanol–water partition coefficient (Wildman–Crippen LogP) is 0.640. The van der Waals surface area contributed by atoms with Gasteiger partial charge in [0.25, 0.3) is 5.89 Å². The largest absolute Gasteiger partial charge is 0.504 e. The van der Waals surface area contributed by atoms with Crippen LogP contribution in [0.25, 0.3) is 11.4 Å². The molecule has 0 aliphatic carbocycles. The molecule has 1 heterocycles. The van der Waals surface area contributed by atoms with E-state index in [9.17, 15) is 5.11 Å². The molecule has 1 aromatic carbocycles. The molecule has 6 nitrogen and oxygen atoms in total. The number of phenolic OH excluding ortho intramolecular Hbond substituents is 2. The highest BCUT2D eigenvalue weighted by molar-refractivity contribution is 5.59. The zero-order valence-corrected chi connectivity index (χ0v) is 7.58. The Labute approximate surface area is 84.4 Å². The minimum atomic E-state index is -0.336. The number of nitrogens with zero attached hydrogens (tertiary/aromatic N) is 2. The van der Waals surface area contributed by atoms with Gasteiger partial charge < -0.3 is 19.8 Å². The molecule has 0 spiro atoms. The van der Waals surface area contributed by atoms with E-state index in [0.717, 1.165) is 0 Å². The Hall–Kier alpha value is -2.08. The van der Waals surface area contributed by atoms with Crippen LogP contribution in [0.1, 0.15) is 5.89 Å². The number of hydrogen-bond donors (Lipinski definition) is 3. The molecular weight excluding hydrogens is 200 g/mol. The van der Waals surface area contributed by atoms with Crippen LogP contribution in [0.2, 0.25) is 0 Å². The van der Waals surface area contributed by atoms with Crippen LogP contribution < -0.4 is 0 Å². The summed E-state index contributed by atoms with van der Waals surface area (Å²) in [6.45, 7) is -0.336. The SMILES string of the molecule is OCc1nc(-c2ccc(O)c(O)c2)no1. The van der Waals surface area contributed by atoms with Crippen molar-refractivity contribution in [3.63, 3.8) is 0 Å². The third-order valence-electron chi connectivity index (χ3n) is 1.84. The summed E-state index contributed by atoms with van der Waals surface area (Å²) >= 11 is 0. The Kier molecular flexibility index (Phi) is 2.26. The van der Waals surface area contributed by atoms with Gasteiger partial charge in [0.15, 0.2) is 11.5 Å². The zero-order chi connectivity index (χ0) is 10.8. The van der Waals surface area contributed by atoms with Gasteiger partial charge in [0.1, 0.15) is 6.61 Å². The molecule has 78 valence electrons. The van der Waals surface area contributed by atoms with E-state index in [0.29, 0.717) is 5.56 Å². The first-order valence-corrected chi connectivity index (χ1v) is 4.16. The van der Waals surface area contributed by atoms with Crippen LogP contribution >= 0.6 is 0 Å². The van der Waals surface area contributed by atoms with Crippen LogP contribution in [-0.4, -0.2) is 25.5 Å². The van der Waals surface area contributed by atoms with E-state index in [1.54, 1.807) is 0 Å². The van der Waals surface area contributed by atoms with E-state index >= 15 is 0 Å². The first-order valence-electron chi connectivity index (χ1n) is 4.16. The second-order valence-electron chi connectivity index (χ2n) is 2.87. The standard InChI is InChI=1S/C9H8N2O4/c12-4-8-10-9(11-15-8)5-1-2-6(13)7(14)3-5/h1-3,12-14H,4H2. The van der Waals surface area contributed by atoms with Crippen LogP contribution in [-0.2, 0) is 6.61 Å². The number of rotatable bonds is 2. The fourth-order valence-corrected chi connectivity index (χ4v) is 1.10. The molecule has 0 radical (unpaired) electrons. The minimum Gasteiger partial charge on any atom is -0.504 e. The number of aliphatic hydroxyl groups is 1. The Bertz CT molecular complexity index is 481. The molecule has 3 N–H and O–H groups in total. The molecule has 0 amide bonds. The maximum absolute atomic E-state index is 9.24. The van der Waals surface area contributed by atoms with Gasteiger partial charge in [0, 0.05) is 5.56 Å². The van der Waals surface area contributed by atoms with Gasteiger partial charge in [-0.15, -0.1) is 0 Å². The van der Waals surface area contributed by atoms with Gasteiger partial charge in [-0.2, -0.15) is 4.98 Å². The van der Waals surface area contributed by atoms with E-state index in [2.05, 4.69) is 14.7 Å². The lowest BCUT2D eigenvalue weighted by Gasteiger charge is -1.98. The second kappa shape index (κ2) is 3.58. The highest BCUT2D eigenvalue weighted by Gasteiger charge is 2.09. The predicted molar refractivity (Wildman–Crippen MR) is 49.0 cm³/mol. The van der Waals surface area contributed by atoms with Crippen LogP contribution in [0.15, 0.2) is 22.7 Å². The number of benzene rings is 1. The minimum absolute atomic E-state index is 0.0950. The quantitative estimate of drug-likeness (QED) is 0.626. The van der Waals surface area contributed by atoms with Crippen molar-refractivity contribution in [3.05, 3.63) is 24.1 Å². The van der Waals surface area contributed by atoms with Gasteiger partial charge in [0.2, 0.25) is 5.82 Å². The molecule has 0 aliphatic heterocycles. The zero-order valence-electron chi connectivity index (χ0n) is 7.58. The summed E-state index contributed by atoms with van der Waals surface area (Å²) in [5, 5.41) is 30.6. The van der Waals surface area contributed by atoms with E-state index in [4.69, 9.17) is 10.2 Å². The fraction of sp³-hybridized carbons (Fsp3) is 0.111. The molecule has 0 atom stereocenters. The summed E-state index contributed by atoms with van der Waals surface area (Å²) < 4.78 is 4.68. The van der Waals surface area contributed by atoms with Crippen LogP contribution in [0.3, 0.4) is 0 Å². The van der Waals surface area contributed by atoms with Gasteiger partial charge in [-0.1, -0.05) is 5.16 Å². The molecule has 6 heteroatoms. The van der Waals surface area contributed by atoms with Crippen molar-refractivity contribution < 1.29 is 19.8 Å². The first kappa shape index (κ1) is 9.47. The van der Waals surface area contributed by atoms with Crippen molar-refractivity contribution in [2.45, 2.75) is 6.61 Å². The number of aliphatic hydroxyl groups excluding tert-OH is 1. The lowest BCUT2D eigenvalue weighted by molar-refractivity contribution is 0.222. The van der Waals surface area contributed by atoms with Crippen LogP contribution in [0.4, 0.5) is 0 Å². The monoisotopic (exact) mass is 208 g/mol.